The number of benzene rings is 2. The summed E-state index contributed by atoms with van der Waals surface area (Å²) in [6.07, 6.45) is 1.08. The normalized spacial score (nSPS) is 11.4. The maximum atomic E-state index is 12.2. The molecule has 1 atom stereocenters. The molecule has 0 radical (unpaired) electrons. The van der Waals surface area contributed by atoms with Gasteiger partial charge in [-0.15, -0.1) is 0 Å². The van der Waals surface area contributed by atoms with Crippen molar-refractivity contribution >= 4 is 17.8 Å². The highest BCUT2D eigenvalue weighted by Gasteiger charge is 2.18. The van der Waals surface area contributed by atoms with E-state index in [0.717, 1.165) is 16.7 Å². The van der Waals surface area contributed by atoms with Gasteiger partial charge in [0.1, 0.15) is 6.61 Å². The molecule has 160 valence electrons. The molecule has 6 nitrogen and oxygen atoms in total. The average Bonchev–Trinajstić information content (AvgIpc) is 2.70. The van der Waals surface area contributed by atoms with Crippen molar-refractivity contribution in [1.82, 2.24) is 10.6 Å². The molecule has 0 saturated heterocycles. The summed E-state index contributed by atoms with van der Waals surface area (Å²) in [6, 6.07) is 15.3. The number of amides is 2. The van der Waals surface area contributed by atoms with E-state index in [1.807, 2.05) is 62.4 Å². The van der Waals surface area contributed by atoms with Crippen LogP contribution in [0.2, 0.25) is 0 Å². The molecule has 6 heteroatoms. The fourth-order valence-electron chi connectivity index (χ4n) is 2.98. The number of rotatable bonds is 10. The van der Waals surface area contributed by atoms with Gasteiger partial charge >= 0.3 is 5.97 Å². The van der Waals surface area contributed by atoms with Gasteiger partial charge in [-0.2, -0.15) is 0 Å². The Labute approximate surface area is 178 Å². The van der Waals surface area contributed by atoms with E-state index in [1.165, 1.54) is 12.5 Å². The van der Waals surface area contributed by atoms with Crippen molar-refractivity contribution in [2.75, 3.05) is 13.2 Å². The molecule has 0 spiro atoms. The summed E-state index contributed by atoms with van der Waals surface area (Å²) in [5.41, 5.74) is 4.24. The maximum absolute atomic E-state index is 12.2. The lowest BCUT2D eigenvalue weighted by atomic mass is 10.0. The average molecular weight is 411 g/mol. The molecular formula is C24H30N2O4. The molecule has 0 heterocycles. The zero-order valence-electron chi connectivity index (χ0n) is 17.9. The van der Waals surface area contributed by atoms with Crippen molar-refractivity contribution in [1.29, 1.82) is 0 Å². The summed E-state index contributed by atoms with van der Waals surface area (Å²) in [7, 11) is 0. The third kappa shape index (κ3) is 8.47. The summed E-state index contributed by atoms with van der Waals surface area (Å²) in [4.78, 5) is 35.6. The highest BCUT2D eigenvalue weighted by atomic mass is 16.5. The van der Waals surface area contributed by atoms with Crippen LogP contribution in [0.15, 0.2) is 48.5 Å². The van der Waals surface area contributed by atoms with Gasteiger partial charge in [-0.05, 0) is 31.4 Å². The topological polar surface area (TPSA) is 84.5 Å². The highest BCUT2D eigenvalue weighted by molar-refractivity contribution is 5.77. The quantitative estimate of drug-likeness (QED) is 0.465. The van der Waals surface area contributed by atoms with Crippen LogP contribution in [-0.2, 0) is 25.5 Å². The Kier molecular flexibility index (Phi) is 9.06. The first kappa shape index (κ1) is 23.1. The maximum Gasteiger partial charge on any atom is 0.308 e. The fraction of sp³-hybridized carbons (Fsp3) is 0.375. The molecular weight excluding hydrogens is 380 g/mol. The van der Waals surface area contributed by atoms with Gasteiger partial charge in [0.2, 0.25) is 11.8 Å². The van der Waals surface area contributed by atoms with Crippen molar-refractivity contribution in [2.24, 2.45) is 0 Å². The number of carbonyl (C=O) groups is 3. The minimum atomic E-state index is -0.445. The Bertz CT molecular complexity index is 845. The predicted molar refractivity (Wildman–Crippen MR) is 116 cm³/mol. The van der Waals surface area contributed by atoms with E-state index < -0.39 is 12.0 Å². The molecule has 2 amide bonds. The lowest BCUT2D eigenvalue weighted by molar-refractivity contribution is -0.144. The number of ether oxygens (including phenoxy) is 1. The van der Waals surface area contributed by atoms with E-state index in [4.69, 9.17) is 4.74 Å². The number of aryl methyl sites for hydroxylation is 3. The van der Waals surface area contributed by atoms with Crippen molar-refractivity contribution < 1.29 is 19.1 Å². The van der Waals surface area contributed by atoms with Crippen molar-refractivity contribution in [3.8, 4) is 0 Å². The molecule has 2 N–H and O–H groups in total. The molecule has 0 fully saturated rings. The zero-order valence-corrected chi connectivity index (χ0v) is 17.9. The first-order valence-electron chi connectivity index (χ1n) is 10.1. The number of hydrogen-bond acceptors (Lipinski definition) is 4. The number of esters is 1. The van der Waals surface area contributed by atoms with Crippen LogP contribution in [-0.4, -0.2) is 30.9 Å². The molecule has 1 unspecified atom stereocenters. The highest BCUT2D eigenvalue weighted by Crippen LogP contribution is 2.18. The third-order valence-electron chi connectivity index (χ3n) is 4.68. The Hall–Kier alpha value is -3.15. The fourth-order valence-corrected chi connectivity index (χ4v) is 2.98. The van der Waals surface area contributed by atoms with Crippen LogP contribution in [0.5, 0.6) is 0 Å². The largest absolute Gasteiger partial charge is 0.464 e. The standard InChI is InChI=1S/C24H30N2O4/c1-17-4-8-20(9-5-17)10-13-23(28)25-14-15-30-24(29)16-22(26-19(3)27)21-11-6-18(2)7-12-21/h4-9,11-12,22H,10,13-16H2,1-3H3,(H,25,28)(H,26,27). The third-order valence-corrected chi connectivity index (χ3v) is 4.68. The van der Waals surface area contributed by atoms with E-state index in [0.29, 0.717) is 12.8 Å². The van der Waals surface area contributed by atoms with Crippen LogP contribution in [0.4, 0.5) is 0 Å². The van der Waals surface area contributed by atoms with E-state index in [2.05, 4.69) is 10.6 Å². The summed E-state index contributed by atoms with van der Waals surface area (Å²) >= 11 is 0. The molecule has 0 aliphatic heterocycles. The molecule has 0 bridgehead atoms. The molecule has 2 rings (SSSR count). The summed E-state index contributed by atoms with van der Waals surface area (Å²) < 4.78 is 5.22. The lowest BCUT2D eigenvalue weighted by Gasteiger charge is -2.18. The monoisotopic (exact) mass is 410 g/mol. The molecule has 2 aromatic carbocycles. The Morgan fingerprint density at radius 3 is 2.13 bits per heavy atom. The van der Waals surface area contributed by atoms with Gasteiger partial charge in [0.05, 0.1) is 19.0 Å². The van der Waals surface area contributed by atoms with Crippen LogP contribution in [0.25, 0.3) is 0 Å². The Morgan fingerprint density at radius 2 is 1.53 bits per heavy atom. The zero-order chi connectivity index (χ0) is 21.9. The molecule has 0 saturated carbocycles. The van der Waals surface area contributed by atoms with Gasteiger partial charge in [-0.1, -0.05) is 59.7 Å². The van der Waals surface area contributed by atoms with E-state index >= 15 is 0 Å². The van der Waals surface area contributed by atoms with Crippen LogP contribution < -0.4 is 10.6 Å². The molecule has 2 aromatic rings. The lowest BCUT2D eigenvalue weighted by Crippen LogP contribution is -2.30. The molecule has 0 aliphatic rings. The van der Waals surface area contributed by atoms with Crippen LogP contribution in [0.3, 0.4) is 0 Å². The van der Waals surface area contributed by atoms with Crippen LogP contribution in [0.1, 0.15) is 48.1 Å². The summed E-state index contributed by atoms with van der Waals surface area (Å²) in [5.74, 6) is -0.722. The van der Waals surface area contributed by atoms with Gasteiger partial charge in [-0.25, -0.2) is 0 Å². The van der Waals surface area contributed by atoms with Gasteiger partial charge < -0.3 is 15.4 Å². The van der Waals surface area contributed by atoms with Crippen molar-refractivity contribution in [3.05, 3.63) is 70.8 Å². The first-order valence-corrected chi connectivity index (χ1v) is 10.1. The number of nitrogens with one attached hydrogen (secondary N) is 2. The van der Waals surface area contributed by atoms with E-state index in [9.17, 15) is 14.4 Å². The second-order valence-electron chi connectivity index (χ2n) is 7.42. The van der Waals surface area contributed by atoms with Gasteiger partial charge in [0.15, 0.2) is 0 Å². The molecule has 0 aliphatic carbocycles. The SMILES string of the molecule is CC(=O)NC(CC(=O)OCCNC(=O)CCc1ccc(C)cc1)c1ccc(C)cc1. The second kappa shape index (κ2) is 11.8. The van der Waals surface area contributed by atoms with Crippen LogP contribution in [0, 0.1) is 13.8 Å². The van der Waals surface area contributed by atoms with Gasteiger partial charge in [0.25, 0.3) is 0 Å². The minimum Gasteiger partial charge on any atom is -0.464 e. The van der Waals surface area contributed by atoms with Gasteiger partial charge in [-0.3, -0.25) is 14.4 Å². The molecule has 0 aromatic heterocycles. The second-order valence-corrected chi connectivity index (χ2v) is 7.42. The summed E-state index contributed by atoms with van der Waals surface area (Å²) in [5, 5.41) is 5.54. The summed E-state index contributed by atoms with van der Waals surface area (Å²) in [6.45, 7) is 5.76. The van der Waals surface area contributed by atoms with Crippen molar-refractivity contribution in [3.63, 3.8) is 0 Å². The molecule has 30 heavy (non-hydrogen) atoms. The van der Waals surface area contributed by atoms with Crippen molar-refractivity contribution in [2.45, 2.75) is 46.1 Å². The Balaban J connectivity index is 1.70. The smallest absolute Gasteiger partial charge is 0.308 e. The predicted octanol–water partition coefficient (Wildman–Crippen LogP) is 3.16. The van der Waals surface area contributed by atoms with Crippen LogP contribution >= 0.6 is 0 Å². The van der Waals surface area contributed by atoms with E-state index in [-0.39, 0.29) is 31.4 Å². The van der Waals surface area contributed by atoms with E-state index in [1.54, 1.807) is 0 Å². The first-order chi connectivity index (χ1) is 14.3. The number of carbonyl (C=O) groups excluding carboxylic acids is 3. The minimum absolute atomic E-state index is 0.0318. The van der Waals surface area contributed by atoms with Gasteiger partial charge in [0, 0.05) is 13.3 Å². The Morgan fingerprint density at radius 1 is 0.933 bits per heavy atom. The number of hydrogen-bond donors (Lipinski definition) is 2.